The maximum Gasteiger partial charge on any atom is 0.352 e. The molecule has 5 aliphatic rings. The highest BCUT2D eigenvalue weighted by atomic mass is 16.2. The Morgan fingerprint density at radius 3 is 2.56 bits per heavy atom. The average Bonchev–Trinajstić information content (AvgIpc) is 2.81. The zero-order valence-corrected chi connectivity index (χ0v) is 14.3. The molecule has 7 rings (SSSR count). The van der Waals surface area contributed by atoms with E-state index in [2.05, 4.69) is 0 Å². The van der Waals surface area contributed by atoms with Crippen LogP contribution in [0.3, 0.4) is 0 Å². The van der Waals surface area contributed by atoms with Crippen molar-refractivity contribution in [2.24, 2.45) is 17.3 Å². The Morgan fingerprint density at radius 1 is 0.920 bits per heavy atom. The van der Waals surface area contributed by atoms with E-state index in [0.717, 1.165) is 18.8 Å². The number of aromatic nitrogens is 3. The van der Waals surface area contributed by atoms with Crippen LogP contribution in [0.15, 0.2) is 39.9 Å². The molecule has 0 radical (unpaired) electrons. The lowest BCUT2D eigenvalue weighted by Gasteiger charge is -2.66. The summed E-state index contributed by atoms with van der Waals surface area (Å²) in [6.45, 7) is 0. The number of benzene rings is 1. The Kier molecular flexibility index (Phi) is 2.59. The van der Waals surface area contributed by atoms with Gasteiger partial charge in [0.25, 0.3) is 0 Å². The van der Waals surface area contributed by atoms with Crippen LogP contribution in [-0.2, 0) is 0 Å². The second-order valence-electron chi connectivity index (χ2n) is 8.55. The van der Waals surface area contributed by atoms with Crippen molar-refractivity contribution in [3.05, 3.63) is 51.3 Å². The summed E-state index contributed by atoms with van der Waals surface area (Å²) in [6, 6.07) is 9.85. The highest BCUT2D eigenvalue weighted by Gasteiger charge is 2.67. The number of para-hydroxylation sites is 1. The third-order valence-corrected chi connectivity index (χ3v) is 7.73. The molecule has 5 heteroatoms. The van der Waals surface area contributed by atoms with Crippen molar-refractivity contribution in [1.82, 2.24) is 13.9 Å². The standard InChI is InChI=1S/C20H23N3O2/c24-18-21(14-7-2-1-3-8-14)19(25)23-16-10-9-15(22(18)23)17-13-6-4-5-11-20(16,17)12-13/h1-3,7-8,13,15-17H,4-6,9-12H2/t13-,15-,16-,17-,20+/m0/s1. The maximum atomic E-state index is 13.2. The summed E-state index contributed by atoms with van der Waals surface area (Å²) in [5.74, 6) is 1.39. The summed E-state index contributed by atoms with van der Waals surface area (Å²) in [7, 11) is 0. The first-order valence-electron chi connectivity index (χ1n) is 9.74. The Morgan fingerprint density at radius 2 is 1.72 bits per heavy atom. The Bertz CT molecular complexity index is 965. The highest BCUT2D eigenvalue weighted by molar-refractivity contribution is 5.31. The molecule has 0 spiro atoms. The van der Waals surface area contributed by atoms with Crippen molar-refractivity contribution in [1.29, 1.82) is 0 Å². The molecule has 2 aliphatic heterocycles. The van der Waals surface area contributed by atoms with E-state index < -0.39 is 0 Å². The largest absolute Gasteiger partial charge is 0.352 e. The van der Waals surface area contributed by atoms with E-state index in [-0.39, 0.29) is 23.5 Å². The van der Waals surface area contributed by atoms with Gasteiger partial charge < -0.3 is 0 Å². The predicted molar refractivity (Wildman–Crippen MR) is 94.1 cm³/mol. The van der Waals surface area contributed by atoms with Gasteiger partial charge in [-0.3, -0.25) is 0 Å². The third kappa shape index (κ3) is 1.52. The molecule has 130 valence electrons. The van der Waals surface area contributed by atoms with Crippen molar-refractivity contribution >= 4 is 0 Å². The van der Waals surface area contributed by atoms with Crippen molar-refractivity contribution in [2.75, 3.05) is 0 Å². The first-order valence-corrected chi connectivity index (χ1v) is 9.74. The van der Waals surface area contributed by atoms with Gasteiger partial charge in [0.1, 0.15) is 0 Å². The second-order valence-corrected chi connectivity index (χ2v) is 8.55. The van der Waals surface area contributed by atoms with Crippen LogP contribution >= 0.6 is 0 Å². The van der Waals surface area contributed by atoms with Crippen LogP contribution in [-0.4, -0.2) is 13.9 Å². The SMILES string of the molecule is O=c1n(-c2ccccc2)c(=O)n2n1[C@H]1CC[C@H]2[C@@H]2[C@H]3CCCC[C@]21C3. The lowest BCUT2D eigenvalue weighted by molar-refractivity contribution is -0.181. The lowest BCUT2D eigenvalue weighted by atomic mass is 9.44. The van der Waals surface area contributed by atoms with Gasteiger partial charge in [0.15, 0.2) is 0 Å². The third-order valence-electron chi connectivity index (χ3n) is 7.73. The van der Waals surface area contributed by atoms with Crippen LogP contribution in [0.25, 0.3) is 5.69 Å². The zero-order chi connectivity index (χ0) is 16.8. The molecule has 3 saturated carbocycles. The molecule has 0 saturated heterocycles. The van der Waals surface area contributed by atoms with Gasteiger partial charge in [-0.15, -0.1) is 0 Å². The molecule has 5 atom stereocenters. The number of rotatable bonds is 1. The van der Waals surface area contributed by atoms with Crippen LogP contribution in [0.1, 0.15) is 57.0 Å². The minimum Gasteiger partial charge on any atom is -0.245 e. The summed E-state index contributed by atoms with van der Waals surface area (Å²) >= 11 is 0. The quantitative estimate of drug-likeness (QED) is 0.803. The first-order chi connectivity index (χ1) is 12.2. The predicted octanol–water partition coefficient (Wildman–Crippen LogP) is 2.89. The number of nitrogens with zero attached hydrogens (tertiary/aromatic N) is 3. The van der Waals surface area contributed by atoms with E-state index in [1.54, 1.807) is 0 Å². The van der Waals surface area contributed by atoms with E-state index in [1.165, 1.54) is 36.7 Å². The average molecular weight is 337 g/mol. The zero-order valence-electron chi connectivity index (χ0n) is 14.3. The van der Waals surface area contributed by atoms with Crippen molar-refractivity contribution in [3.8, 4) is 5.69 Å². The first kappa shape index (κ1) is 14.2. The Labute approximate surface area is 145 Å². The topological polar surface area (TPSA) is 48.9 Å². The summed E-state index contributed by atoms with van der Waals surface area (Å²) in [4.78, 5) is 26.5. The molecular formula is C20H23N3O2. The van der Waals surface area contributed by atoms with Gasteiger partial charge in [0, 0.05) is 0 Å². The second kappa shape index (κ2) is 4.57. The highest BCUT2D eigenvalue weighted by Crippen LogP contribution is 2.71. The molecular weight excluding hydrogens is 314 g/mol. The molecule has 2 aromatic rings. The molecule has 5 nitrogen and oxygen atoms in total. The molecule has 3 aliphatic carbocycles. The molecule has 4 bridgehead atoms. The molecule has 3 fully saturated rings. The van der Waals surface area contributed by atoms with Gasteiger partial charge in [0.2, 0.25) is 0 Å². The van der Waals surface area contributed by atoms with Crippen LogP contribution in [0, 0.1) is 17.3 Å². The summed E-state index contributed by atoms with van der Waals surface area (Å²) in [6.07, 6.45) is 8.56. The number of hydrogen-bond donors (Lipinski definition) is 0. The fraction of sp³-hybridized carbons (Fsp3) is 0.600. The minimum absolute atomic E-state index is 0.133. The number of fused-ring (bicyclic) bond motifs is 1. The van der Waals surface area contributed by atoms with Gasteiger partial charge in [-0.25, -0.2) is 23.5 Å². The molecule has 25 heavy (non-hydrogen) atoms. The van der Waals surface area contributed by atoms with E-state index >= 15 is 0 Å². The smallest absolute Gasteiger partial charge is 0.245 e. The van der Waals surface area contributed by atoms with Crippen molar-refractivity contribution in [2.45, 2.75) is 57.0 Å². The number of hydrogen-bond acceptors (Lipinski definition) is 2. The lowest BCUT2D eigenvalue weighted by Crippen LogP contribution is -2.64. The van der Waals surface area contributed by atoms with Gasteiger partial charge in [-0.2, -0.15) is 0 Å². The summed E-state index contributed by atoms with van der Waals surface area (Å²) in [5.41, 5.74) is 0.718. The van der Waals surface area contributed by atoms with Crippen LogP contribution in [0.2, 0.25) is 0 Å². The summed E-state index contributed by atoms with van der Waals surface area (Å²) in [5, 5.41) is 0. The monoisotopic (exact) mass is 337 g/mol. The van der Waals surface area contributed by atoms with Crippen LogP contribution in [0.4, 0.5) is 0 Å². The van der Waals surface area contributed by atoms with Crippen LogP contribution in [0.5, 0.6) is 0 Å². The molecule has 0 unspecified atom stereocenters. The minimum atomic E-state index is -0.135. The van der Waals surface area contributed by atoms with E-state index in [9.17, 15) is 9.59 Å². The molecule has 1 aromatic heterocycles. The molecule has 0 amide bonds. The van der Waals surface area contributed by atoms with Gasteiger partial charge in [-0.1, -0.05) is 37.5 Å². The van der Waals surface area contributed by atoms with Crippen LogP contribution < -0.4 is 11.4 Å². The fourth-order valence-corrected chi connectivity index (χ4v) is 6.98. The van der Waals surface area contributed by atoms with E-state index in [0.29, 0.717) is 17.0 Å². The Balaban J connectivity index is 1.61. The van der Waals surface area contributed by atoms with Gasteiger partial charge in [0.05, 0.1) is 17.8 Å². The van der Waals surface area contributed by atoms with Crippen molar-refractivity contribution in [3.63, 3.8) is 0 Å². The van der Waals surface area contributed by atoms with E-state index in [1.807, 2.05) is 39.7 Å². The van der Waals surface area contributed by atoms with Gasteiger partial charge >= 0.3 is 11.4 Å². The summed E-state index contributed by atoms with van der Waals surface area (Å²) < 4.78 is 5.11. The molecule has 3 heterocycles. The Hall–Kier alpha value is -2.04. The normalized spacial score (nSPS) is 37.8. The molecule has 0 N–H and O–H groups in total. The van der Waals surface area contributed by atoms with E-state index in [4.69, 9.17) is 0 Å². The fourth-order valence-electron chi connectivity index (χ4n) is 6.98. The van der Waals surface area contributed by atoms with Crippen molar-refractivity contribution < 1.29 is 0 Å². The maximum absolute atomic E-state index is 13.2. The molecule has 1 aromatic carbocycles. The van der Waals surface area contributed by atoms with Gasteiger partial charge in [-0.05, 0) is 55.1 Å².